The van der Waals surface area contributed by atoms with E-state index in [1.165, 1.54) is 4.90 Å². The second kappa shape index (κ2) is 9.62. The van der Waals surface area contributed by atoms with Gasteiger partial charge in [0.25, 0.3) is 0 Å². The number of rotatable bonds is 7. The Kier molecular flexibility index (Phi) is 5.91. The number of carbonyl (C=O) groups excluding carboxylic acids is 3. The Bertz CT molecular complexity index is 1500. The van der Waals surface area contributed by atoms with E-state index in [4.69, 9.17) is 14.3 Å². The van der Waals surface area contributed by atoms with E-state index in [9.17, 15) is 14.4 Å². The minimum atomic E-state index is -0.435. The van der Waals surface area contributed by atoms with Crippen molar-refractivity contribution in [2.24, 2.45) is 34.7 Å². The number of carbonyl (C=O) groups is 3. The molecule has 2 saturated carbocycles. The Balaban J connectivity index is 1.08. The van der Waals surface area contributed by atoms with Crippen molar-refractivity contribution in [3.05, 3.63) is 95.6 Å². The van der Waals surface area contributed by atoms with Crippen LogP contribution in [0.25, 0.3) is 0 Å². The molecule has 202 valence electrons. The third-order valence-corrected chi connectivity index (χ3v) is 8.73. The number of hydrogen-bond acceptors (Lipinski definition) is 7. The van der Waals surface area contributed by atoms with Crippen molar-refractivity contribution < 1.29 is 28.7 Å². The molecule has 2 aliphatic heterocycles. The van der Waals surface area contributed by atoms with Gasteiger partial charge in [0.05, 0.1) is 35.4 Å². The van der Waals surface area contributed by atoms with Crippen molar-refractivity contribution in [3.63, 3.8) is 0 Å². The molecule has 3 aromatic rings. The maximum Gasteiger partial charge on any atom is 0.338 e. The first-order valence-electron chi connectivity index (χ1n) is 13.7. The van der Waals surface area contributed by atoms with E-state index in [-0.39, 0.29) is 42.3 Å². The number of nitrogens with zero attached hydrogens (tertiary/aromatic N) is 2. The molecule has 4 aliphatic rings. The van der Waals surface area contributed by atoms with Crippen molar-refractivity contribution in [2.75, 3.05) is 11.5 Å². The molecule has 1 saturated heterocycles. The number of esters is 1. The Labute approximate surface area is 231 Å². The van der Waals surface area contributed by atoms with Crippen molar-refractivity contribution in [2.45, 2.75) is 26.1 Å². The molecule has 0 aromatic heterocycles. The first kappa shape index (κ1) is 24.6. The number of anilines is 1. The lowest BCUT2D eigenvalue weighted by molar-refractivity contribution is -0.125. The first-order chi connectivity index (χ1) is 19.5. The fourth-order valence-electron chi connectivity index (χ4n) is 7.04. The molecule has 0 spiro atoms. The van der Waals surface area contributed by atoms with Crippen LogP contribution in [0.5, 0.6) is 5.75 Å². The normalized spacial score (nSPS) is 27.7. The summed E-state index contributed by atoms with van der Waals surface area (Å²) < 4.78 is 11.0. The SMILES string of the molecule is CCOC(=O)c1ccc(N2C(=O)[C@@H]3[C@@H]4C[C@@H]([C@H]5ON=C(c6ccc(OCc7ccccc7)cc6)[C@@H]45)[C@@H]3C2=O)cc1. The van der Waals surface area contributed by atoms with Crippen molar-refractivity contribution in [1.29, 1.82) is 0 Å². The van der Waals surface area contributed by atoms with Gasteiger partial charge in [-0.2, -0.15) is 0 Å². The molecule has 0 unspecified atom stereocenters. The van der Waals surface area contributed by atoms with Gasteiger partial charge >= 0.3 is 5.97 Å². The third-order valence-electron chi connectivity index (χ3n) is 8.73. The van der Waals surface area contributed by atoms with E-state index >= 15 is 0 Å². The van der Waals surface area contributed by atoms with Crippen LogP contribution >= 0.6 is 0 Å². The van der Waals surface area contributed by atoms with Crippen LogP contribution in [0.2, 0.25) is 0 Å². The second-order valence-corrected chi connectivity index (χ2v) is 10.8. The molecule has 0 radical (unpaired) electrons. The quantitative estimate of drug-likeness (QED) is 0.323. The van der Waals surface area contributed by atoms with Gasteiger partial charge in [-0.1, -0.05) is 35.5 Å². The van der Waals surface area contributed by atoms with Gasteiger partial charge in [-0.15, -0.1) is 0 Å². The summed E-state index contributed by atoms with van der Waals surface area (Å²) in [6.45, 7) is 2.50. The highest BCUT2D eigenvalue weighted by Gasteiger charge is 2.70. The standard InChI is InChI=1S/C32H28N2O6/c1-2-38-32(37)20-8-12-21(13-9-20)34-30(35)25-23-16-24(26(25)31(34)36)29-27(23)28(33-40-29)19-10-14-22(15-11-19)39-17-18-6-4-3-5-7-18/h3-15,23-27,29H,2,16-17H2,1H3/t23-,24+,25+,26-,27+,29+/m0/s1. The number of imide groups is 1. The van der Waals surface area contributed by atoms with Gasteiger partial charge in [-0.3, -0.25) is 14.5 Å². The Hall–Kier alpha value is -4.46. The highest BCUT2D eigenvalue weighted by molar-refractivity contribution is 6.23. The molecule has 7 rings (SSSR count). The summed E-state index contributed by atoms with van der Waals surface area (Å²) in [5.41, 5.74) is 3.72. The third kappa shape index (κ3) is 3.81. The maximum atomic E-state index is 13.7. The largest absolute Gasteiger partial charge is 0.489 e. The van der Waals surface area contributed by atoms with Crippen LogP contribution in [-0.2, 0) is 25.8 Å². The predicted molar refractivity (Wildman–Crippen MR) is 146 cm³/mol. The zero-order valence-corrected chi connectivity index (χ0v) is 21.9. The summed E-state index contributed by atoms with van der Waals surface area (Å²) in [6.07, 6.45) is 0.563. The fourth-order valence-corrected chi connectivity index (χ4v) is 7.04. The van der Waals surface area contributed by atoms with Gasteiger partial charge in [0.15, 0.2) is 0 Å². The predicted octanol–water partition coefficient (Wildman–Crippen LogP) is 4.62. The number of benzene rings is 3. The smallest absolute Gasteiger partial charge is 0.338 e. The Morgan fingerprint density at radius 1 is 0.900 bits per heavy atom. The van der Waals surface area contributed by atoms with Gasteiger partial charge in [0.1, 0.15) is 18.5 Å². The zero-order valence-electron chi connectivity index (χ0n) is 21.9. The summed E-state index contributed by atoms with van der Waals surface area (Å²) in [6, 6.07) is 24.3. The van der Waals surface area contributed by atoms with E-state index in [1.54, 1.807) is 31.2 Å². The van der Waals surface area contributed by atoms with E-state index < -0.39 is 17.8 Å². The molecule has 3 aromatic carbocycles. The summed E-state index contributed by atoms with van der Waals surface area (Å²) in [7, 11) is 0. The summed E-state index contributed by atoms with van der Waals surface area (Å²) in [5, 5.41) is 4.45. The first-order valence-corrected chi connectivity index (χ1v) is 13.7. The molecule has 2 aliphatic carbocycles. The molecule has 2 heterocycles. The second-order valence-electron chi connectivity index (χ2n) is 10.8. The van der Waals surface area contributed by atoms with Gasteiger partial charge in [0.2, 0.25) is 11.8 Å². The minimum absolute atomic E-state index is 0.0180. The van der Waals surface area contributed by atoms with Crippen molar-refractivity contribution in [3.8, 4) is 5.75 Å². The lowest BCUT2D eigenvalue weighted by atomic mass is 9.71. The lowest BCUT2D eigenvalue weighted by Crippen LogP contribution is -2.41. The molecule has 6 atom stereocenters. The maximum absolute atomic E-state index is 13.7. The molecule has 3 fully saturated rings. The van der Waals surface area contributed by atoms with Crippen LogP contribution in [-0.4, -0.2) is 36.2 Å². The molecule has 40 heavy (non-hydrogen) atoms. The van der Waals surface area contributed by atoms with E-state index in [0.29, 0.717) is 17.9 Å². The van der Waals surface area contributed by atoms with Crippen LogP contribution in [0.4, 0.5) is 5.69 Å². The van der Waals surface area contributed by atoms with Gasteiger partial charge in [-0.25, -0.2) is 4.79 Å². The number of oxime groups is 1. The minimum Gasteiger partial charge on any atom is -0.489 e. The highest BCUT2D eigenvalue weighted by Crippen LogP contribution is 2.62. The van der Waals surface area contributed by atoms with Crippen LogP contribution < -0.4 is 9.64 Å². The summed E-state index contributed by atoms with van der Waals surface area (Å²) >= 11 is 0. The monoisotopic (exact) mass is 536 g/mol. The molecule has 8 heteroatoms. The summed E-state index contributed by atoms with van der Waals surface area (Å²) in [5.74, 6) is -0.970. The average Bonchev–Trinajstić information content (AvgIpc) is 3.73. The van der Waals surface area contributed by atoms with Gasteiger partial charge < -0.3 is 14.3 Å². The van der Waals surface area contributed by atoms with E-state index in [2.05, 4.69) is 5.16 Å². The van der Waals surface area contributed by atoms with Gasteiger partial charge in [0, 0.05) is 17.4 Å². The number of ether oxygens (including phenoxy) is 2. The lowest BCUT2D eigenvalue weighted by Gasteiger charge is -2.29. The highest BCUT2D eigenvalue weighted by atomic mass is 16.6. The van der Waals surface area contributed by atoms with Crippen LogP contribution in [0.3, 0.4) is 0 Å². The van der Waals surface area contributed by atoms with E-state index in [0.717, 1.165) is 29.0 Å². The molecule has 2 bridgehead atoms. The number of hydrogen-bond donors (Lipinski definition) is 0. The van der Waals surface area contributed by atoms with Crippen LogP contribution in [0, 0.1) is 29.6 Å². The number of fused-ring (bicyclic) bond motifs is 8. The molecule has 2 amide bonds. The Morgan fingerprint density at radius 2 is 1.60 bits per heavy atom. The molecular formula is C32H28N2O6. The molecule has 8 nitrogen and oxygen atoms in total. The van der Waals surface area contributed by atoms with Crippen molar-refractivity contribution >= 4 is 29.2 Å². The van der Waals surface area contributed by atoms with Crippen LogP contribution in [0.1, 0.15) is 34.8 Å². The number of amides is 2. The molecule has 0 N–H and O–H groups in total. The van der Waals surface area contributed by atoms with Gasteiger partial charge in [-0.05, 0) is 73.4 Å². The summed E-state index contributed by atoms with van der Waals surface area (Å²) in [4.78, 5) is 46.5. The average molecular weight is 537 g/mol. The fraction of sp³-hybridized carbons (Fsp3) is 0.312. The van der Waals surface area contributed by atoms with Crippen LogP contribution in [0.15, 0.2) is 84.0 Å². The topological polar surface area (TPSA) is 94.5 Å². The van der Waals surface area contributed by atoms with Crippen molar-refractivity contribution in [1.82, 2.24) is 0 Å². The Morgan fingerprint density at radius 3 is 2.30 bits per heavy atom. The molecular weight excluding hydrogens is 508 g/mol. The van der Waals surface area contributed by atoms with E-state index in [1.807, 2.05) is 54.6 Å². The zero-order chi connectivity index (χ0) is 27.4.